The molecule has 2 N–H and O–H groups in total. The Morgan fingerprint density at radius 3 is 2.20 bits per heavy atom. The third kappa shape index (κ3) is 8.26. The van der Waals surface area contributed by atoms with Gasteiger partial charge in [-0.05, 0) is 71.9 Å². The molecule has 0 saturated heterocycles. The number of azo groups is 1. The van der Waals surface area contributed by atoms with Gasteiger partial charge in [-0.25, -0.2) is 13.2 Å². The summed E-state index contributed by atoms with van der Waals surface area (Å²) < 4.78 is 28.1. The number of nitrogens with one attached hydrogen (secondary N) is 2. The molecule has 0 saturated carbocycles. The minimum Gasteiger partial charge on any atom is -0.308 e. The molecule has 1 aliphatic rings. The van der Waals surface area contributed by atoms with Crippen LogP contribution in [0.15, 0.2) is 101 Å². The number of aryl methyl sites for hydroxylation is 2. The molecule has 8 nitrogen and oxygen atoms in total. The molecule has 2 amide bonds. The third-order valence-corrected chi connectivity index (χ3v) is 9.91. The van der Waals surface area contributed by atoms with Crippen LogP contribution in [-0.2, 0) is 34.0 Å². The van der Waals surface area contributed by atoms with Gasteiger partial charge >= 0.3 is 6.03 Å². The van der Waals surface area contributed by atoms with E-state index in [2.05, 4.69) is 89.3 Å². The van der Waals surface area contributed by atoms with Gasteiger partial charge in [0.1, 0.15) is 0 Å². The first-order valence-corrected chi connectivity index (χ1v) is 17.4. The molecule has 2 unspecified atom stereocenters. The molecule has 0 aliphatic carbocycles. The van der Waals surface area contributed by atoms with Gasteiger partial charge in [-0.15, -0.1) is 0 Å². The number of pyridine rings is 1. The summed E-state index contributed by atoms with van der Waals surface area (Å²) in [6.07, 6.45) is 4.72. The number of urea groups is 1. The normalized spacial score (nSPS) is 17.1. The maximum Gasteiger partial charge on any atom is 0.361 e. The van der Waals surface area contributed by atoms with Crippen LogP contribution < -0.4 is 10.0 Å². The van der Waals surface area contributed by atoms with Crippen molar-refractivity contribution in [3.8, 4) is 11.3 Å². The molecule has 0 bridgehead atoms. The quantitative estimate of drug-likeness (QED) is 0.162. The zero-order valence-electron chi connectivity index (χ0n) is 27.2. The SMILES string of the molecule is Cc1cc(-c2ccc(CCCC3(C(C)Cc4ccc(C(C)(C)C)cc4)N=NC(=O)N3)cc2)ncc1NS(=O)(=O)Cc1ccccc1. The standard InChI is InChI=1S/C37H43N5O3S/c1-26-22-33(38-24-34(26)41-46(44,45)25-30-10-7-6-8-11-30)31-17-13-28(14-18-31)12-9-21-37(39-35(43)40-42-37)27(2)23-29-15-19-32(20-16-29)36(3,4)5/h6-8,10-11,13-20,22,24,27,41H,9,12,21,23,25H2,1-5H3,(H,39,43). The predicted molar refractivity (Wildman–Crippen MR) is 184 cm³/mol. The van der Waals surface area contributed by atoms with E-state index < -0.39 is 15.7 Å². The van der Waals surface area contributed by atoms with Gasteiger partial charge in [0, 0.05) is 11.5 Å². The number of carbonyl (C=O) groups is 1. The molecule has 240 valence electrons. The minimum atomic E-state index is -3.57. The molecule has 0 spiro atoms. The van der Waals surface area contributed by atoms with Gasteiger partial charge in [-0.1, -0.05) is 112 Å². The molecule has 2 heterocycles. The monoisotopic (exact) mass is 637 g/mol. The summed E-state index contributed by atoms with van der Waals surface area (Å²) in [6, 6.07) is 27.6. The van der Waals surface area contributed by atoms with Crippen molar-refractivity contribution < 1.29 is 13.2 Å². The predicted octanol–water partition coefficient (Wildman–Crippen LogP) is 8.37. The number of nitrogens with zero attached hydrogens (tertiary/aromatic N) is 3. The van der Waals surface area contributed by atoms with Crippen LogP contribution in [0.1, 0.15) is 68.4 Å². The van der Waals surface area contributed by atoms with Gasteiger partial charge in [0.25, 0.3) is 0 Å². The van der Waals surface area contributed by atoms with E-state index in [1.54, 1.807) is 18.3 Å². The number of anilines is 1. The summed E-state index contributed by atoms with van der Waals surface area (Å²) >= 11 is 0. The molecular weight excluding hydrogens is 595 g/mol. The highest BCUT2D eigenvalue weighted by Crippen LogP contribution is 2.33. The van der Waals surface area contributed by atoms with E-state index >= 15 is 0 Å². The maximum absolute atomic E-state index is 12.7. The molecule has 0 fully saturated rings. The van der Waals surface area contributed by atoms with E-state index in [0.29, 0.717) is 12.1 Å². The number of rotatable bonds is 12. The van der Waals surface area contributed by atoms with E-state index in [9.17, 15) is 13.2 Å². The second-order valence-corrected chi connectivity index (χ2v) is 15.1. The van der Waals surface area contributed by atoms with Crippen molar-refractivity contribution in [1.82, 2.24) is 10.3 Å². The van der Waals surface area contributed by atoms with Gasteiger partial charge in [0.2, 0.25) is 10.0 Å². The Labute approximate surface area is 272 Å². The summed E-state index contributed by atoms with van der Waals surface area (Å²) in [7, 11) is -3.57. The van der Waals surface area contributed by atoms with Gasteiger partial charge in [0.15, 0.2) is 5.66 Å². The van der Waals surface area contributed by atoms with Crippen molar-refractivity contribution in [3.63, 3.8) is 0 Å². The molecule has 4 aromatic rings. The number of sulfonamides is 1. The molecule has 1 aromatic heterocycles. The smallest absolute Gasteiger partial charge is 0.308 e. The van der Waals surface area contributed by atoms with Crippen LogP contribution in [0.4, 0.5) is 10.5 Å². The van der Waals surface area contributed by atoms with Crippen LogP contribution in [0.3, 0.4) is 0 Å². The Kier molecular flexibility index (Phi) is 9.72. The summed E-state index contributed by atoms with van der Waals surface area (Å²) in [4.78, 5) is 16.7. The van der Waals surface area contributed by atoms with Crippen molar-refractivity contribution in [3.05, 3.63) is 119 Å². The van der Waals surface area contributed by atoms with Crippen molar-refractivity contribution in [2.45, 2.75) is 77.1 Å². The Hall–Kier alpha value is -4.37. The lowest BCUT2D eigenvalue weighted by atomic mass is 9.83. The highest BCUT2D eigenvalue weighted by molar-refractivity contribution is 7.91. The fraction of sp³-hybridized carbons (Fsp3) is 0.351. The van der Waals surface area contributed by atoms with Crippen LogP contribution >= 0.6 is 0 Å². The van der Waals surface area contributed by atoms with Crippen LogP contribution in [0.25, 0.3) is 11.3 Å². The highest BCUT2D eigenvalue weighted by Gasteiger charge is 2.41. The van der Waals surface area contributed by atoms with Crippen molar-refractivity contribution in [1.29, 1.82) is 0 Å². The topological polar surface area (TPSA) is 113 Å². The zero-order valence-corrected chi connectivity index (χ0v) is 28.1. The van der Waals surface area contributed by atoms with Crippen LogP contribution in [0.5, 0.6) is 0 Å². The van der Waals surface area contributed by atoms with Crippen molar-refractivity contribution >= 4 is 21.7 Å². The first kappa shape index (κ1) is 33.0. The van der Waals surface area contributed by atoms with E-state index in [0.717, 1.165) is 41.6 Å². The highest BCUT2D eigenvalue weighted by atomic mass is 32.2. The van der Waals surface area contributed by atoms with Gasteiger partial charge in [-0.2, -0.15) is 5.11 Å². The lowest BCUT2D eigenvalue weighted by molar-refractivity contribution is 0.215. The van der Waals surface area contributed by atoms with Crippen LogP contribution in [-0.4, -0.2) is 25.1 Å². The average molecular weight is 638 g/mol. The van der Waals surface area contributed by atoms with Gasteiger partial charge in [-0.3, -0.25) is 9.71 Å². The van der Waals surface area contributed by atoms with E-state index in [4.69, 9.17) is 0 Å². The molecule has 5 rings (SSSR count). The lowest BCUT2D eigenvalue weighted by Gasteiger charge is -2.31. The fourth-order valence-electron chi connectivity index (χ4n) is 5.84. The van der Waals surface area contributed by atoms with Crippen LogP contribution in [0.2, 0.25) is 0 Å². The Bertz CT molecular complexity index is 1800. The number of amides is 2. The molecular formula is C37H43N5O3S. The van der Waals surface area contributed by atoms with Crippen LogP contribution in [0, 0.1) is 12.8 Å². The Morgan fingerprint density at radius 1 is 0.913 bits per heavy atom. The number of aromatic nitrogens is 1. The van der Waals surface area contributed by atoms with Gasteiger partial charge in [0.05, 0.1) is 23.3 Å². The van der Waals surface area contributed by atoms with E-state index in [-0.39, 0.29) is 23.1 Å². The fourth-order valence-corrected chi connectivity index (χ4v) is 7.09. The molecule has 3 aromatic carbocycles. The maximum atomic E-state index is 12.7. The first-order valence-electron chi connectivity index (χ1n) is 15.8. The molecule has 0 radical (unpaired) electrons. The largest absolute Gasteiger partial charge is 0.361 e. The summed E-state index contributed by atoms with van der Waals surface area (Å²) in [5.74, 6) is -0.0253. The summed E-state index contributed by atoms with van der Waals surface area (Å²) in [5, 5.41) is 11.4. The number of hydrogen-bond acceptors (Lipinski definition) is 5. The Balaban J connectivity index is 1.18. The molecule has 1 aliphatic heterocycles. The summed E-state index contributed by atoms with van der Waals surface area (Å²) in [5.41, 5.74) is 6.78. The first-order chi connectivity index (χ1) is 21.8. The molecule has 2 atom stereocenters. The second-order valence-electron chi connectivity index (χ2n) is 13.4. The van der Waals surface area contributed by atoms with Gasteiger partial charge < -0.3 is 5.32 Å². The third-order valence-electron chi connectivity index (χ3n) is 8.67. The molecule has 9 heteroatoms. The zero-order chi connectivity index (χ0) is 33.0. The van der Waals surface area contributed by atoms with E-state index in [1.807, 2.05) is 43.3 Å². The number of benzene rings is 3. The minimum absolute atomic E-state index is 0.0747. The second kappa shape index (κ2) is 13.5. The number of carbonyl (C=O) groups excluding carboxylic acids is 1. The number of hydrogen-bond donors (Lipinski definition) is 2. The summed E-state index contributed by atoms with van der Waals surface area (Å²) in [6.45, 7) is 10.6. The average Bonchev–Trinajstić information content (AvgIpc) is 3.40. The van der Waals surface area contributed by atoms with Crippen molar-refractivity contribution in [2.75, 3.05) is 4.72 Å². The Morgan fingerprint density at radius 2 is 1.59 bits per heavy atom. The molecule has 46 heavy (non-hydrogen) atoms. The van der Waals surface area contributed by atoms with Crippen molar-refractivity contribution in [2.24, 2.45) is 16.1 Å². The lowest BCUT2D eigenvalue weighted by Crippen LogP contribution is -2.47. The van der Waals surface area contributed by atoms with E-state index in [1.165, 1.54) is 16.7 Å².